The number of nitrogens with zero attached hydrogens (tertiary/aromatic N) is 8. The van der Waals surface area contributed by atoms with E-state index >= 15 is 17.6 Å². The molecule has 20 rings (SSSR count). The third kappa shape index (κ3) is 21.4. The number of hydrogen-bond donors (Lipinski definition) is 8. The fourth-order valence-electron chi connectivity index (χ4n) is 20.1. The summed E-state index contributed by atoms with van der Waals surface area (Å²) in [5.41, 5.74) is 35.0. The highest BCUT2D eigenvalue weighted by molar-refractivity contribution is 6.02. The average molecular weight is 1990 g/mol. The first kappa shape index (κ1) is 102. The molecular formula is C115H111F4N13O15. The predicted molar refractivity (Wildman–Crippen MR) is 566 cm³/mol. The number of nitrogens with one attached hydrogen (secondary N) is 1. The van der Waals surface area contributed by atoms with Gasteiger partial charge in [-0.1, -0.05) is 218 Å². The van der Waals surface area contributed by atoms with E-state index < -0.39 is 85.5 Å². The zero-order valence-electron chi connectivity index (χ0n) is 81.8. The van der Waals surface area contributed by atoms with Crippen molar-refractivity contribution in [3.05, 3.63) is 376 Å². The number of carboxylic acid groups (broad SMARTS) is 3. The van der Waals surface area contributed by atoms with Gasteiger partial charge in [0.05, 0.1) is 72.1 Å². The fourth-order valence-corrected chi connectivity index (χ4v) is 20.1. The maximum Gasteiger partial charge on any atom is 0.341 e. The number of benzene rings is 12. The van der Waals surface area contributed by atoms with Crippen molar-refractivity contribution in [2.45, 2.75) is 76.9 Å². The number of amides is 1. The highest BCUT2D eigenvalue weighted by Crippen LogP contribution is 2.46. The molecule has 0 unspecified atom stereocenters. The molecule has 4 fully saturated rings. The summed E-state index contributed by atoms with van der Waals surface area (Å²) in [5, 5.41) is 32.2. The minimum absolute atomic E-state index is 0.0248. The van der Waals surface area contributed by atoms with Crippen LogP contribution >= 0.6 is 0 Å². The maximum absolute atomic E-state index is 15.5. The van der Waals surface area contributed by atoms with Gasteiger partial charge in [-0.25, -0.2) is 31.9 Å². The molecule has 12 N–H and O–H groups in total. The molecule has 4 atom stereocenters. The van der Waals surface area contributed by atoms with Crippen LogP contribution in [0.15, 0.2) is 281 Å². The van der Waals surface area contributed by atoms with E-state index in [4.69, 9.17) is 41.9 Å². The Morgan fingerprint density at radius 2 is 0.605 bits per heavy atom. The Morgan fingerprint density at radius 3 is 0.850 bits per heavy atom. The molecule has 754 valence electrons. The average Bonchev–Trinajstić information content (AvgIpc) is 1.31. The molecule has 4 aliphatic heterocycles. The first-order valence-electron chi connectivity index (χ1n) is 48.2. The van der Waals surface area contributed by atoms with Gasteiger partial charge >= 0.3 is 17.9 Å². The minimum atomic E-state index is -1.37. The first-order valence-corrected chi connectivity index (χ1v) is 48.2. The fraction of sp³-hybridized carbons (Fsp3) is 0.235. The number of rotatable bonds is 26. The maximum atomic E-state index is 15.5. The molecule has 1 amide bonds. The first-order chi connectivity index (χ1) is 70.9. The topological polar surface area (TPSA) is 383 Å². The van der Waals surface area contributed by atoms with Crippen LogP contribution in [0.1, 0.15) is 94.9 Å². The van der Waals surface area contributed by atoms with Crippen LogP contribution in [-0.2, 0) is 26.2 Å². The zero-order valence-corrected chi connectivity index (χ0v) is 81.8. The van der Waals surface area contributed by atoms with Gasteiger partial charge in [-0.2, -0.15) is 0 Å². The van der Waals surface area contributed by atoms with E-state index in [1.54, 1.807) is 18.3 Å². The van der Waals surface area contributed by atoms with Crippen LogP contribution in [-0.4, -0.2) is 170 Å². The Balaban J connectivity index is 0.000000134. The van der Waals surface area contributed by atoms with Crippen LogP contribution < -0.4 is 88.5 Å². The summed E-state index contributed by atoms with van der Waals surface area (Å²) in [4.78, 5) is 108. The number of aryl methyl sites for hydroxylation is 1. The van der Waals surface area contributed by atoms with E-state index in [0.29, 0.717) is 106 Å². The van der Waals surface area contributed by atoms with Crippen molar-refractivity contribution in [3.63, 3.8) is 0 Å². The third-order valence-electron chi connectivity index (χ3n) is 27.6. The number of aromatic nitrogens is 4. The summed E-state index contributed by atoms with van der Waals surface area (Å²) in [6.07, 6.45) is 8.47. The molecule has 4 aliphatic rings. The molecule has 28 nitrogen and oxygen atoms in total. The van der Waals surface area contributed by atoms with Gasteiger partial charge in [-0.15, -0.1) is 0 Å². The van der Waals surface area contributed by atoms with Crippen LogP contribution in [0.4, 0.5) is 40.3 Å². The number of anilines is 4. The Hall–Kier alpha value is -16.7. The molecule has 0 aliphatic carbocycles. The van der Waals surface area contributed by atoms with Gasteiger partial charge in [0.25, 0.3) is 5.91 Å². The van der Waals surface area contributed by atoms with Crippen molar-refractivity contribution in [1.29, 1.82) is 0 Å². The number of nitrogens with two attached hydrogens (primary N) is 4. The Morgan fingerprint density at radius 1 is 0.354 bits per heavy atom. The number of pyridine rings is 4. The summed E-state index contributed by atoms with van der Waals surface area (Å²) in [5.74, 6) is -6.35. The summed E-state index contributed by atoms with van der Waals surface area (Å²) >= 11 is 0. The number of primary amides is 1. The van der Waals surface area contributed by atoms with Crippen LogP contribution in [0.25, 0.3) is 88.1 Å². The van der Waals surface area contributed by atoms with E-state index in [1.807, 2.05) is 222 Å². The number of aromatic carboxylic acids is 3. The molecule has 0 radical (unpaired) electrons. The molecule has 32 heteroatoms. The highest BCUT2D eigenvalue weighted by Gasteiger charge is 2.36. The van der Waals surface area contributed by atoms with Crippen molar-refractivity contribution in [3.8, 4) is 67.5 Å². The number of likely N-dealkylation sites (N-methyl/N-ethyl adjacent to an activating group) is 1. The van der Waals surface area contributed by atoms with Crippen LogP contribution in [0.3, 0.4) is 0 Å². The molecule has 0 spiro atoms. The van der Waals surface area contributed by atoms with Gasteiger partial charge in [-0.3, -0.25) is 24.0 Å². The molecule has 4 saturated heterocycles. The highest BCUT2D eigenvalue weighted by atomic mass is 19.1. The molecule has 12 aromatic carbocycles. The number of methoxy groups -OCH3 is 4. The lowest BCUT2D eigenvalue weighted by Gasteiger charge is -2.25. The van der Waals surface area contributed by atoms with Gasteiger partial charge in [0.15, 0.2) is 46.3 Å². The van der Waals surface area contributed by atoms with Gasteiger partial charge in [-0.05, 0) is 143 Å². The van der Waals surface area contributed by atoms with Crippen molar-refractivity contribution >= 4 is 90.2 Å². The van der Waals surface area contributed by atoms with Crippen molar-refractivity contribution in [2.24, 2.45) is 28.9 Å². The van der Waals surface area contributed by atoms with Gasteiger partial charge < -0.3 is 100 Å². The molecule has 0 bridgehead atoms. The second kappa shape index (κ2) is 44.3. The molecule has 147 heavy (non-hydrogen) atoms. The molecule has 0 saturated carbocycles. The van der Waals surface area contributed by atoms with E-state index in [9.17, 15) is 53.7 Å². The van der Waals surface area contributed by atoms with Gasteiger partial charge in [0, 0.05) is 121 Å². The number of hydrogen-bond acceptors (Lipinski definition) is 20. The van der Waals surface area contributed by atoms with Crippen molar-refractivity contribution in [1.82, 2.24) is 23.6 Å². The summed E-state index contributed by atoms with van der Waals surface area (Å²) in [7, 11) is 7.61. The van der Waals surface area contributed by atoms with Crippen molar-refractivity contribution in [2.75, 3.05) is 114 Å². The second-order valence-corrected chi connectivity index (χ2v) is 37.1. The monoisotopic (exact) mass is 1990 g/mol. The lowest BCUT2D eigenvalue weighted by atomic mass is 10.0. The smallest absolute Gasteiger partial charge is 0.341 e. The lowest BCUT2D eigenvalue weighted by Crippen LogP contribution is -2.30. The van der Waals surface area contributed by atoms with E-state index in [2.05, 4.69) is 29.6 Å². The lowest BCUT2D eigenvalue weighted by molar-refractivity contribution is 0.0684. The van der Waals surface area contributed by atoms with E-state index in [-0.39, 0.29) is 111 Å². The number of carbonyl (C=O) groups is 4. The second-order valence-electron chi connectivity index (χ2n) is 37.1. The standard InChI is InChI=1S/C29H29FN4O3.2C29H28FN3O4.C28H26FN3O4/c1-37-28-25-22(13-24(30)26(28)33-12-11-19(14-31)16-33)27(35)23(29(32)36)17-34(25)15-18-7-9-21(10-8-18)20-5-3-2-4-6-20;1-17-3-7-19(8-4-17)20-9-5-18(6-10-20)14-33-16-23(29(35)36)27(34)22-13-24(30)26(28(37-2)25(22)33)32-12-11-21(31)15-32;1-31-21-12-13-32(16-21)26-24(30)14-22-25(28(26)37-2)33(17-23(27(22)34)29(35)36)15-18-8-10-20(11-9-18)19-6-4-3-5-7-19;1-36-27-24-21(13-23(29)25(27)31-12-11-20(30)15-31)26(33)22(28(34)35)16-32(24)14-17-7-9-19(10-8-17)18-5-3-2-4-6-18/h2-10,13,17,19H,11-12,14-16,31H2,1H3,(H2,32,36);3-10,13,16,21H,11-12,14-15,31H2,1-2H3,(H,35,36);3-11,14,17,21,31H,12-13,15-16H2,1-2H3,(H,35,36);2-10,13,16,20H,11-12,14-15,30H2,1H3,(H,34,35)/t19-;2*21-;20-/m0111/s1. The predicted octanol–water partition coefficient (Wildman–Crippen LogP) is 16.6. The van der Waals surface area contributed by atoms with Crippen LogP contribution in [0.2, 0.25) is 0 Å². The van der Waals surface area contributed by atoms with Crippen LogP contribution in [0, 0.1) is 36.1 Å². The van der Waals surface area contributed by atoms with Gasteiger partial charge in [0.1, 0.15) is 45.0 Å². The Bertz CT molecular complexity index is 7710. The zero-order chi connectivity index (χ0) is 104. The van der Waals surface area contributed by atoms with Crippen LogP contribution in [0.5, 0.6) is 23.0 Å². The minimum Gasteiger partial charge on any atom is -0.492 e. The molecular weight excluding hydrogens is 1880 g/mol. The van der Waals surface area contributed by atoms with E-state index in [1.165, 1.54) is 64.9 Å². The number of halogens is 4. The number of carboxylic acids is 3. The quantitative estimate of drug-likeness (QED) is 0.0233. The Kier molecular flexibility index (Phi) is 30.7. The molecule has 16 aromatic rings. The third-order valence-corrected chi connectivity index (χ3v) is 27.6. The molecule has 4 aromatic heterocycles. The number of fused-ring (bicyclic) bond motifs is 4. The Labute approximate surface area is 843 Å². The normalized spacial score (nSPS) is 15.4. The molecule has 8 heterocycles. The summed E-state index contributed by atoms with van der Waals surface area (Å²) in [6.45, 7) is 8.12. The van der Waals surface area contributed by atoms with Crippen molar-refractivity contribution < 1.29 is 71.0 Å². The summed E-state index contributed by atoms with van der Waals surface area (Å²) in [6, 6.07) is 74.4. The number of ether oxygens (including phenoxy) is 4. The van der Waals surface area contributed by atoms with E-state index in [0.717, 1.165) is 97.8 Å². The SMILES string of the molecule is CN[C@@H]1CCN(c2c(F)cc3c(=O)c(C(=O)O)cn(Cc4ccc(-c5ccccc5)cc4)c3c2OC)C1.COc1c(N2CC[C@@H](CN)C2)c(F)cc2c(=O)c(C(N)=O)cn(Cc3ccc(-c4ccccc4)cc3)c12.COc1c(N2CC[C@@H](N)C2)c(F)cc2c(=O)c(C(=O)O)cn(Cc3ccc(-c4ccc(C)cc4)cc3)c12.COc1c(N2CC[C@@H](N)C2)c(F)cc2c(=O)c(C(=O)O)cn(Cc3ccc(-c4ccccc4)cc3)c12. The largest absolute Gasteiger partial charge is 0.492 e. The van der Waals surface area contributed by atoms with Gasteiger partial charge in [0.2, 0.25) is 21.7 Å². The number of carbonyl (C=O) groups excluding carboxylic acids is 1. The summed E-state index contributed by atoms with van der Waals surface area (Å²) < 4.78 is 91.3.